The van der Waals surface area contributed by atoms with Gasteiger partial charge in [-0.3, -0.25) is 9.78 Å². The first kappa shape index (κ1) is 18.6. The van der Waals surface area contributed by atoms with Gasteiger partial charge >= 0.3 is 5.97 Å². The largest absolute Gasteiger partial charge is 0.466 e. The number of esters is 1. The van der Waals surface area contributed by atoms with Crippen LogP contribution < -0.4 is 10.6 Å². The van der Waals surface area contributed by atoms with E-state index in [1.54, 1.807) is 12.4 Å². The van der Waals surface area contributed by atoms with Crippen LogP contribution in [0, 0.1) is 24.7 Å². The summed E-state index contributed by atoms with van der Waals surface area (Å²) >= 11 is 0. The minimum Gasteiger partial charge on any atom is -0.466 e. The monoisotopic (exact) mass is 365 g/mol. The number of pyridine rings is 1. The third kappa shape index (κ3) is 4.53. The highest BCUT2D eigenvalue weighted by molar-refractivity contribution is 5.74. The summed E-state index contributed by atoms with van der Waals surface area (Å²) in [7, 11) is 0. The van der Waals surface area contributed by atoms with Crippen LogP contribution in [0.2, 0.25) is 0 Å². The van der Waals surface area contributed by atoms with E-state index in [-0.39, 0.29) is 17.8 Å². The van der Waals surface area contributed by atoms with Gasteiger partial charge in [0.25, 0.3) is 0 Å². The number of nitrogens with zero attached hydrogens (tertiary/aromatic N) is 4. The zero-order chi connectivity index (χ0) is 19.2. The lowest BCUT2D eigenvalue weighted by molar-refractivity contribution is -0.148. The molecule has 27 heavy (non-hydrogen) atoms. The predicted molar refractivity (Wildman–Crippen MR) is 103 cm³/mol. The maximum atomic E-state index is 12.2. The van der Waals surface area contributed by atoms with Crippen LogP contribution in [0.5, 0.6) is 0 Å². The number of aryl methyl sites for hydroxylation is 1. The molecule has 1 saturated heterocycles. The summed E-state index contributed by atoms with van der Waals surface area (Å²) < 4.78 is 5.19. The minimum atomic E-state index is -0.172. The normalized spacial score (nSPS) is 16.4. The van der Waals surface area contributed by atoms with Crippen molar-refractivity contribution in [3.05, 3.63) is 41.3 Å². The van der Waals surface area contributed by atoms with Crippen LogP contribution in [-0.4, -0.2) is 40.6 Å². The van der Waals surface area contributed by atoms with Crippen LogP contribution in [0.4, 0.5) is 11.8 Å². The summed E-state index contributed by atoms with van der Waals surface area (Å²) in [5.74, 6) is 6.80. The highest BCUT2D eigenvalue weighted by atomic mass is 16.5. The fourth-order valence-electron chi connectivity index (χ4n) is 3.15. The number of piperidine rings is 1. The molecule has 0 bridgehead atoms. The second-order valence-corrected chi connectivity index (χ2v) is 6.39. The first-order valence-corrected chi connectivity index (χ1v) is 9.06. The second-order valence-electron chi connectivity index (χ2n) is 6.39. The Labute approximate surface area is 159 Å². The van der Waals surface area contributed by atoms with E-state index < -0.39 is 0 Å². The summed E-state index contributed by atoms with van der Waals surface area (Å²) in [4.78, 5) is 27.0. The Balaban J connectivity index is 1.93. The number of aromatic nitrogens is 3. The van der Waals surface area contributed by atoms with E-state index in [4.69, 9.17) is 10.5 Å². The van der Waals surface area contributed by atoms with Crippen molar-refractivity contribution in [3.63, 3.8) is 0 Å². The number of rotatable bonds is 3. The van der Waals surface area contributed by atoms with Gasteiger partial charge in [0.1, 0.15) is 5.82 Å². The number of carbonyl (C=O) groups excluding carboxylic acids is 1. The van der Waals surface area contributed by atoms with Crippen LogP contribution in [0.25, 0.3) is 0 Å². The van der Waals surface area contributed by atoms with Crippen molar-refractivity contribution < 1.29 is 9.53 Å². The number of nitrogen functional groups attached to an aromatic ring is 1. The van der Waals surface area contributed by atoms with Crippen LogP contribution in [0.3, 0.4) is 0 Å². The van der Waals surface area contributed by atoms with Crippen molar-refractivity contribution in [2.45, 2.75) is 26.7 Å². The number of carbonyl (C=O) groups is 1. The van der Waals surface area contributed by atoms with Gasteiger partial charge in [-0.05, 0) is 38.8 Å². The highest BCUT2D eigenvalue weighted by Gasteiger charge is 2.29. The smallest absolute Gasteiger partial charge is 0.310 e. The Kier molecular flexibility index (Phi) is 5.87. The predicted octanol–water partition coefficient (Wildman–Crippen LogP) is 1.94. The molecule has 2 N–H and O–H groups in total. The van der Waals surface area contributed by atoms with Crippen LogP contribution in [0.1, 0.15) is 36.6 Å². The maximum Gasteiger partial charge on any atom is 0.310 e. The second kappa shape index (κ2) is 8.49. The average molecular weight is 365 g/mol. The molecule has 3 heterocycles. The van der Waals surface area contributed by atoms with Gasteiger partial charge < -0.3 is 15.4 Å². The Morgan fingerprint density at radius 3 is 3.00 bits per heavy atom. The topological polar surface area (TPSA) is 94.2 Å². The fraction of sp³-hybridized carbons (Fsp3) is 0.400. The van der Waals surface area contributed by atoms with Crippen LogP contribution in [-0.2, 0) is 9.53 Å². The zero-order valence-corrected chi connectivity index (χ0v) is 15.6. The van der Waals surface area contributed by atoms with Gasteiger partial charge in [-0.25, -0.2) is 4.98 Å². The third-order valence-corrected chi connectivity index (χ3v) is 4.42. The van der Waals surface area contributed by atoms with Gasteiger partial charge in [0.05, 0.1) is 23.8 Å². The summed E-state index contributed by atoms with van der Waals surface area (Å²) in [6.07, 6.45) is 5.10. The van der Waals surface area contributed by atoms with E-state index >= 15 is 0 Å². The minimum absolute atomic E-state index is 0.163. The summed E-state index contributed by atoms with van der Waals surface area (Å²) in [5.41, 5.74) is 8.13. The molecule has 0 saturated carbocycles. The number of ether oxygens (including phenoxy) is 1. The third-order valence-electron chi connectivity index (χ3n) is 4.42. The molecule has 1 atom stereocenters. The number of nitrogens with two attached hydrogens (primary N) is 1. The Morgan fingerprint density at radius 2 is 2.26 bits per heavy atom. The Bertz CT molecular complexity index is 873. The van der Waals surface area contributed by atoms with E-state index in [9.17, 15) is 4.79 Å². The van der Waals surface area contributed by atoms with Gasteiger partial charge in [-0.15, -0.1) is 0 Å². The van der Waals surface area contributed by atoms with E-state index in [1.807, 2.05) is 26.0 Å². The van der Waals surface area contributed by atoms with Gasteiger partial charge in [0, 0.05) is 31.0 Å². The lowest BCUT2D eigenvalue weighted by atomic mass is 9.97. The first-order valence-electron chi connectivity index (χ1n) is 9.06. The van der Waals surface area contributed by atoms with E-state index in [1.165, 1.54) is 0 Å². The first-order chi connectivity index (χ1) is 13.1. The maximum absolute atomic E-state index is 12.2. The van der Waals surface area contributed by atoms with Crippen molar-refractivity contribution in [2.24, 2.45) is 5.92 Å². The molecular formula is C20H23N5O2. The number of anilines is 2. The lowest BCUT2D eigenvalue weighted by Crippen LogP contribution is -2.40. The molecule has 1 unspecified atom stereocenters. The van der Waals surface area contributed by atoms with Crippen LogP contribution in [0.15, 0.2) is 24.5 Å². The lowest BCUT2D eigenvalue weighted by Gasteiger charge is -2.33. The van der Waals surface area contributed by atoms with Crippen molar-refractivity contribution in [1.82, 2.24) is 15.0 Å². The molecule has 7 heteroatoms. The molecular weight excluding hydrogens is 342 g/mol. The molecule has 1 aliphatic heterocycles. The summed E-state index contributed by atoms with van der Waals surface area (Å²) in [6, 6.07) is 3.73. The Hall–Kier alpha value is -3.14. The standard InChI is InChI=1S/C20H23N5O2/c1-3-27-19(26)16-7-5-11-25(13-16)18-17(14(2)23-20(21)24-18)9-8-15-6-4-10-22-12-15/h4,6,10,12,16H,3,5,7,11,13H2,1-2H3,(H2,21,23,24). The molecule has 0 spiro atoms. The van der Waals surface area contributed by atoms with Gasteiger partial charge in [-0.1, -0.05) is 11.8 Å². The average Bonchev–Trinajstić information content (AvgIpc) is 2.68. The van der Waals surface area contributed by atoms with Crippen LogP contribution >= 0.6 is 0 Å². The number of hydrogen-bond donors (Lipinski definition) is 1. The highest BCUT2D eigenvalue weighted by Crippen LogP contribution is 2.27. The van der Waals surface area contributed by atoms with E-state index in [0.717, 1.165) is 30.5 Å². The molecule has 0 radical (unpaired) electrons. The molecule has 1 aliphatic rings. The molecule has 2 aromatic heterocycles. The molecule has 140 valence electrons. The molecule has 1 fully saturated rings. The SMILES string of the molecule is CCOC(=O)C1CCCN(c2nc(N)nc(C)c2C#Cc2cccnc2)C1. The zero-order valence-electron chi connectivity index (χ0n) is 15.6. The number of hydrogen-bond acceptors (Lipinski definition) is 7. The molecule has 2 aromatic rings. The van der Waals surface area contributed by atoms with Gasteiger partial charge in [-0.2, -0.15) is 4.98 Å². The summed E-state index contributed by atoms with van der Waals surface area (Å²) in [5, 5.41) is 0. The van der Waals surface area contributed by atoms with Crippen molar-refractivity contribution in [3.8, 4) is 11.8 Å². The molecule has 0 amide bonds. The quantitative estimate of drug-likeness (QED) is 0.656. The van der Waals surface area contributed by atoms with Gasteiger partial charge in [0.2, 0.25) is 5.95 Å². The Morgan fingerprint density at radius 1 is 1.41 bits per heavy atom. The molecule has 0 aliphatic carbocycles. The fourth-order valence-corrected chi connectivity index (χ4v) is 3.15. The van der Waals surface area contributed by atoms with Gasteiger partial charge in [0.15, 0.2) is 0 Å². The van der Waals surface area contributed by atoms with Crippen molar-refractivity contribution in [1.29, 1.82) is 0 Å². The molecule has 7 nitrogen and oxygen atoms in total. The summed E-state index contributed by atoms with van der Waals surface area (Å²) in [6.45, 7) is 5.39. The molecule has 0 aromatic carbocycles. The van der Waals surface area contributed by atoms with Crippen molar-refractivity contribution in [2.75, 3.05) is 30.3 Å². The van der Waals surface area contributed by atoms with Crippen molar-refractivity contribution >= 4 is 17.7 Å². The van der Waals surface area contributed by atoms with E-state index in [0.29, 0.717) is 24.7 Å². The van der Waals surface area contributed by atoms with E-state index in [2.05, 4.69) is 31.7 Å². The molecule has 3 rings (SSSR count).